The summed E-state index contributed by atoms with van der Waals surface area (Å²) in [6.45, 7) is 9.53. The highest BCUT2D eigenvalue weighted by Crippen LogP contribution is 2.36. The Kier molecular flexibility index (Phi) is 6.77. The first-order valence-electron chi connectivity index (χ1n) is 10.3. The van der Waals surface area contributed by atoms with E-state index in [1.807, 2.05) is 32.9 Å². The van der Waals surface area contributed by atoms with Crippen molar-refractivity contribution in [1.82, 2.24) is 9.80 Å². The molecule has 1 aromatic rings. The van der Waals surface area contributed by atoms with E-state index in [9.17, 15) is 4.79 Å². The van der Waals surface area contributed by atoms with E-state index in [-0.39, 0.29) is 12.2 Å². The van der Waals surface area contributed by atoms with Gasteiger partial charge in [0.15, 0.2) is 0 Å². The van der Waals surface area contributed by atoms with Crippen molar-refractivity contribution in [3.8, 4) is 5.75 Å². The van der Waals surface area contributed by atoms with Crippen LogP contribution in [-0.4, -0.2) is 54.3 Å². The van der Waals surface area contributed by atoms with Crippen LogP contribution in [0.25, 0.3) is 0 Å². The summed E-state index contributed by atoms with van der Waals surface area (Å²) in [5, 5.41) is 0.740. The van der Waals surface area contributed by atoms with Gasteiger partial charge in [0.05, 0.1) is 11.1 Å². The van der Waals surface area contributed by atoms with Crippen LogP contribution in [0, 0.1) is 5.92 Å². The number of halogens is 1. The van der Waals surface area contributed by atoms with Gasteiger partial charge < -0.3 is 14.4 Å². The van der Waals surface area contributed by atoms with E-state index in [2.05, 4.69) is 11.0 Å². The number of amides is 1. The summed E-state index contributed by atoms with van der Waals surface area (Å²) in [6.07, 6.45) is 4.30. The average Bonchev–Trinajstić information content (AvgIpc) is 3.07. The van der Waals surface area contributed by atoms with E-state index < -0.39 is 5.60 Å². The molecule has 0 bridgehead atoms. The Morgan fingerprint density at radius 3 is 2.57 bits per heavy atom. The van der Waals surface area contributed by atoms with Gasteiger partial charge in [-0.2, -0.15) is 0 Å². The minimum absolute atomic E-state index is 0.163. The number of carbonyl (C=O) groups is 1. The Labute approximate surface area is 173 Å². The Bertz CT molecular complexity index is 677. The molecule has 0 unspecified atom stereocenters. The second-order valence-corrected chi connectivity index (χ2v) is 9.53. The fourth-order valence-corrected chi connectivity index (χ4v) is 4.08. The van der Waals surface area contributed by atoms with Gasteiger partial charge in [-0.15, -0.1) is 0 Å². The van der Waals surface area contributed by atoms with Crippen molar-refractivity contribution in [1.29, 1.82) is 0 Å². The summed E-state index contributed by atoms with van der Waals surface area (Å²) in [5.41, 5.74) is 0.676. The molecule has 1 heterocycles. The van der Waals surface area contributed by atoms with Crippen LogP contribution in [0.1, 0.15) is 52.0 Å². The summed E-state index contributed by atoms with van der Waals surface area (Å²) < 4.78 is 11.6. The van der Waals surface area contributed by atoms with Crippen LogP contribution in [0.4, 0.5) is 4.79 Å². The van der Waals surface area contributed by atoms with Crippen LogP contribution in [0.5, 0.6) is 5.75 Å². The van der Waals surface area contributed by atoms with Gasteiger partial charge in [0.1, 0.15) is 11.4 Å². The van der Waals surface area contributed by atoms with Crippen molar-refractivity contribution in [3.05, 3.63) is 28.8 Å². The third-order valence-electron chi connectivity index (χ3n) is 5.36. The summed E-state index contributed by atoms with van der Waals surface area (Å²) in [4.78, 5) is 16.2. The SMILES string of the molecule is CN(CC1CC(Oc2cccc(CN3CCCC3)c2Cl)C1)C(=O)OC(C)(C)C. The Morgan fingerprint density at radius 1 is 1.25 bits per heavy atom. The second kappa shape index (κ2) is 8.91. The molecule has 0 radical (unpaired) electrons. The van der Waals surface area contributed by atoms with E-state index in [0.29, 0.717) is 12.5 Å². The molecule has 0 aromatic heterocycles. The molecular weight excluding hydrogens is 376 g/mol. The molecule has 156 valence electrons. The van der Waals surface area contributed by atoms with Crippen LogP contribution in [0.3, 0.4) is 0 Å². The number of benzene rings is 1. The topological polar surface area (TPSA) is 42.0 Å². The molecule has 0 N–H and O–H groups in total. The maximum absolute atomic E-state index is 12.1. The smallest absolute Gasteiger partial charge is 0.410 e. The molecule has 3 rings (SSSR count). The lowest BCUT2D eigenvalue weighted by molar-refractivity contribution is 0.0118. The molecule has 5 nitrogen and oxygen atoms in total. The highest BCUT2D eigenvalue weighted by molar-refractivity contribution is 6.32. The lowest BCUT2D eigenvalue weighted by Crippen LogP contribution is -2.43. The first kappa shape index (κ1) is 21.3. The second-order valence-electron chi connectivity index (χ2n) is 9.15. The van der Waals surface area contributed by atoms with Crippen LogP contribution in [-0.2, 0) is 11.3 Å². The van der Waals surface area contributed by atoms with Crippen molar-refractivity contribution in [2.24, 2.45) is 5.92 Å². The molecule has 1 aliphatic carbocycles. The average molecular weight is 409 g/mol. The minimum atomic E-state index is -0.465. The number of rotatable bonds is 6. The molecular formula is C22H33ClN2O3. The summed E-state index contributed by atoms with van der Waals surface area (Å²) >= 11 is 6.62. The highest BCUT2D eigenvalue weighted by atomic mass is 35.5. The predicted molar refractivity (Wildman–Crippen MR) is 112 cm³/mol. The molecule has 1 aliphatic heterocycles. The zero-order chi connectivity index (χ0) is 20.3. The van der Waals surface area contributed by atoms with E-state index in [4.69, 9.17) is 21.1 Å². The maximum atomic E-state index is 12.1. The third kappa shape index (κ3) is 5.77. The van der Waals surface area contributed by atoms with E-state index in [0.717, 1.165) is 48.8 Å². The van der Waals surface area contributed by atoms with Gasteiger partial charge in [-0.25, -0.2) is 4.79 Å². The number of likely N-dealkylation sites (tertiary alicyclic amines) is 1. The van der Waals surface area contributed by atoms with Gasteiger partial charge in [-0.3, -0.25) is 4.90 Å². The molecule has 1 amide bonds. The van der Waals surface area contributed by atoms with Crippen LogP contribution >= 0.6 is 11.6 Å². The predicted octanol–water partition coefficient (Wildman–Crippen LogP) is 4.96. The fraction of sp³-hybridized carbons (Fsp3) is 0.682. The monoisotopic (exact) mass is 408 g/mol. The molecule has 1 saturated heterocycles. The van der Waals surface area contributed by atoms with E-state index >= 15 is 0 Å². The fourth-order valence-electron chi connectivity index (χ4n) is 3.85. The number of nitrogens with zero attached hydrogens (tertiary/aromatic N) is 2. The first-order chi connectivity index (χ1) is 13.2. The quantitative estimate of drug-likeness (QED) is 0.667. The Hall–Kier alpha value is -1.46. The van der Waals surface area contributed by atoms with Crippen molar-refractivity contribution in [2.45, 2.75) is 64.7 Å². The molecule has 2 fully saturated rings. The number of ether oxygens (including phenoxy) is 2. The zero-order valence-electron chi connectivity index (χ0n) is 17.5. The standard InChI is InChI=1S/C22H33ClN2O3/c1-22(2,3)28-21(26)24(4)14-16-12-18(13-16)27-19-9-7-8-17(20(19)23)15-25-10-5-6-11-25/h7-9,16,18H,5-6,10-15H2,1-4H3. The van der Waals surface area contributed by atoms with Gasteiger partial charge in [0, 0.05) is 20.1 Å². The lowest BCUT2D eigenvalue weighted by atomic mass is 9.82. The molecule has 6 heteroatoms. The summed E-state index contributed by atoms with van der Waals surface area (Å²) in [6, 6.07) is 6.07. The van der Waals surface area contributed by atoms with Gasteiger partial charge in [-0.05, 0) is 77.1 Å². The lowest BCUT2D eigenvalue weighted by Gasteiger charge is -2.38. The Balaban J connectivity index is 1.46. The minimum Gasteiger partial charge on any atom is -0.489 e. The van der Waals surface area contributed by atoms with Gasteiger partial charge in [-0.1, -0.05) is 23.7 Å². The number of carbonyl (C=O) groups excluding carboxylic acids is 1. The first-order valence-corrected chi connectivity index (χ1v) is 10.7. The molecule has 1 saturated carbocycles. The number of hydrogen-bond donors (Lipinski definition) is 0. The van der Waals surface area contributed by atoms with Gasteiger partial charge >= 0.3 is 6.09 Å². The van der Waals surface area contributed by atoms with Gasteiger partial charge in [0.2, 0.25) is 0 Å². The summed E-state index contributed by atoms with van der Waals surface area (Å²) in [7, 11) is 1.79. The normalized spacial score (nSPS) is 22.6. The molecule has 1 aromatic carbocycles. The van der Waals surface area contributed by atoms with Crippen molar-refractivity contribution in [2.75, 3.05) is 26.7 Å². The zero-order valence-corrected chi connectivity index (χ0v) is 18.3. The molecule has 28 heavy (non-hydrogen) atoms. The van der Waals surface area contributed by atoms with Crippen LogP contribution in [0.2, 0.25) is 5.02 Å². The Morgan fingerprint density at radius 2 is 1.93 bits per heavy atom. The van der Waals surface area contributed by atoms with Gasteiger partial charge in [0.25, 0.3) is 0 Å². The molecule has 2 aliphatic rings. The summed E-state index contributed by atoms with van der Waals surface area (Å²) in [5.74, 6) is 1.22. The van der Waals surface area contributed by atoms with Crippen molar-refractivity contribution >= 4 is 17.7 Å². The highest BCUT2D eigenvalue weighted by Gasteiger charge is 2.33. The van der Waals surface area contributed by atoms with E-state index in [1.54, 1.807) is 11.9 Å². The van der Waals surface area contributed by atoms with Crippen LogP contribution < -0.4 is 4.74 Å². The van der Waals surface area contributed by atoms with Crippen molar-refractivity contribution < 1.29 is 14.3 Å². The largest absolute Gasteiger partial charge is 0.489 e. The number of hydrogen-bond acceptors (Lipinski definition) is 4. The van der Waals surface area contributed by atoms with Crippen molar-refractivity contribution in [3.63, 3.8) is 0 Å². The maximum Gasteiger partial charge on any atom is 0.410 e. The third-order valence-corrected chi connectivity index (χ3v) is 5.79. The molecule has 0 spiro atoms. The molecule has 0 atom stereocenters. The van der Waals surface area contributed by atoms with Crippen LogP contribution in [0.15, 0.2) is 18.2 Å². The van der Waals surface area contributed by atoms with E-state index in [1.165, 1.54) is 12.8 Å².